The number of hydrogen-bond donors (Lipinski definition) is 1. The van der Waals surface area contributed by atoms with Gasteiger partial charge in [0.1, 0.15) is 5.75 Å². The molecule has 1 heterocycles. The first-order valence-electron chi connectivity index (χ1n) is 7.66. The molecule has 0 aliphatic rings. The maximum Gasteiger partial charge on any atom is 0.222 e. The molecular formula is C17H25N3O. The average Bonchev–Trinajstić information content (AvgIpc) is 2.75. The molecule has 4 nitrogen and oxygen atoms in total. The number of nitrogens with zero attached hydrogens (tertiary/aromatic N) is 2. The Morgan fingerprint density at radius 2 is 2.00 bits per heavy atom. The van der Waals surface area contributed by atoms with Crippen LogP contribution < -0.4 is 10.1 Å². The highest BCUT2D eigenvalue weighted by Gasteiger charge is 2.16. The summed E-state index contributed by atoms with van der Waals surface area (Å²) in [6, 6.07) is 8.18. The van der Waals surface area contributed by atoms with Crippen LogP contribution in [-0.2, 0) is 20.0 Å². The van der Waals surface area contributed by atoms with E-state index in [0.29, 0.717) is 0 Å². The second-order valence-electron chi connectivity index (χ2n) is 5.23. The Balaban J connectivity index is 2.26. The maximum absolute atomic E-state index is 6.17. The van der Waals surface area contributed by atoms with Crippen molar-refractivity contribution in [3.8, 4) is 11.6 Å². The molecular weight excluding hydrogens is 262 g/mol. The minimum atomic E-state index is 0.789. The van der Waals surface area contributed by atoms with E-state index in [9.17, 15) is 0 Å². The largest absolute Gasteiger partial charge is 0.439 e. The third-order valence-electron chi connectivity index (χ3n) is 3.58. The monoisotopic (exact) mass is 287 g/mol. The van der Waals surface area contributed by atoms with E-state index >= 15 is 0 Å². The van der Waals surface area contributed by atoms with E-state index in [1.54, 1.807) is 0 Å². The third kappa shape index (κ3) is 3.64. The number of rotatable bonds is 7. The van der Waals surface area contributed by atoms with Crippen LogP contribution in [-0.4, -0.2) is 16.3 Å². The standard InChI is InChI=1S/C17H25N3O/c1-5-11-18-12-15-13(3)19-20(4)17(15)21-16-10-8-7-9-14(16)6-2/h7-10,18H,5-6,11-12H2,1-4H3. The topological polar surface area (TPSA) is 39.1 Å². The molecule has 0 saturated carbocycles. The van der Waals surface area contributed by atoms with Crippen molar-refractivity contribution >= 4 is 0 Å². The Labute approximate surface area is 127 Å². The average molecular weight is 287 g/mol. The quantitative estimate of drug-likeness (QED) is 0.791. The number of ether oxygens (including phenoxy) is 1. The van der Waals surface area contributed by atoms with Crippen molar-refractivity contribution in [3.63, 3.8) is 0 Å². The van der Waals surface area contributed by atoms with E-state index in [1.807, 2.05) is 36.9 Å². The molecule has 0 radical (unpaired) electrons. The van der Waals surface area contributed by atoms with Gasteiger partial charge in [-0.05, 0) is 37.9 Å². The molecule has 21 heavy (non-hydrogen) atoms. The summed E-state index contributed by atoms with van der Waals surface area (Å²) in [4.78, 5) is 0. The zero-order chi connectivity index (χ0) is 15.2. The van der Waals surface area contributed by atoms with Gasteiger partial charge in [0, 0.05) is 13.6 Å². The van der Waals surface area contributed by atoms with Gasteiger partial charge in [0.2, 0.25) is 5.88 Å². The number of benzene rings is 1. The lowest BCUT2D eigenvalue weighted by Gasteiger charge is -2.12. The van der Waals surface area contributed by atoms with Crippen molar-refractivity contribution in [2.45, 2.75) is 40.2 Å². The minimum Gasteiger partial charge on any atom is -0.439 e. The van der Waals surface area contributed by atoms with Crippen LogP contribution in [0.4, 0.5) is 0 Å². The summed E-state index contributed by atoms with van der Waals surface area (Å²) in [7, 11) is 1.93. The maximum atomic E-state index is 6.17. The summed E-state index contributed by atoms with van der Waals surface area (Å²) in [6.07, 6.45) is 2.07. The highest BCUT2D eigenvalue weighted by molar-refractivity contribution is 5.39. The summed E-state index contributed by atoms with van der Waals surface area (Å²) >= 11 is 0. The van der Waals surface area contributed by atoms with Gasteiger partial charge >= 0.3 is 0 Å². The van der Waals surface area contributed by atoms with Gasteiger partial charge in [0.25, 0.3) is 0 Å². The van der Waals surface area contributed by atoms with Crippen molar-refractivity contribution in [1.82, 2.24) is 15.1 Å². The summed E-state index contributed by atoms with van der Waals surface area (Å²) in [5, 5.41) is 7.92. The Bertz CT molecular complexity index is 590. The number of nitrogens with one attached hydrogen (secondary N) is 1. The summed E-state index contributed by atoms with van der Waals surface area (Å²) in [5.74, 6) is 1.75. The molecule has 1 N–H and O–H groups in total. The molecule has 0 saturated heterocycles. The number of hydrogen-bond acceptors (Lipinski definition) is 3. The van der Waals surface area contributed by atoms with Gasteiger partial charge in [-0.1, -0.05) is 32.0 Å². The molecule has 2 aromatic rings. The molecule has 1 aromatic heterocycles. The predicted octanol–water partition coefficient (Wildman–Crippen LogP) is 3.58. The number of aromatic nitrogens is 2. The van der Waals surface area contributed by atoms with Gasteiger partial charge in [-0.15, -0.1) is 0 Å². The Kier molecular flexibility index (Phi) is 5.39. The van der Waals surface area contributed by atoms with E-state index < -0.39 is 0 Å². The van der Waals surface area contributed by atoms with Crippen molar-refractivity contribution in [2.75, 3.05) is 6.54 Å². The van der Waals surface area contributed by atoms with Gasteiger partial charge in [-0.2, -0.15) is 5.10 Å². The van der Waals surface area contributed by atoms with Crippen LogP contribution in [0.5, 0.6) is 11.6 Å². The van der Waals surface area contributed by atoms with E-state index in [-0.39, 0.29) is 0 Å². The molecule has 2 rings (SSSR count). The Morgan fingerprint density at radius 3 is 2.71 bits per heavy atom. The summed E-state index contributed by atoms with van der Waals surface area (Å²) in [5.41, 5.74) is 3.37. The van der Waals surface area contributed by atoms with E-state index in [2.05, 4.69) is 30.3 Å². The fraction of sp³-hybridized carbons (Fsp3) is 0.471. The van der Waals surface area contributed by atoms with E-state index in [1.165, 1.54) is 5.56 Å². The molecule has 1 aromatic carbocycles. The molecule has 0 bridgehead atoms. The number of aryl methyl sites for hydroxylation is 3. The van der Waals surface area contributed by atoms with Crippen LogP contribution in [0.15, 0.2) is 24.3 Å². The molecule has 0 aliphatic carbocycles. The molecule has 114 valence electrons. The zero-order valence-corrected chi connectivity index (χ0v) is 13.4. The predicted molar refractivity (Wildman–Crippen MR) is 85.8 cm³/mol. The highest BCUT2D eigenvalue weighted by Crippen LogP contribution is 2.29. The Morgan fingerprint density at radius 1 is 1.24 bits per heavy atom. The van der Waals surface area contributed by atoms with Gasteiger partial charge in [-0.25, -0.2) is 4.68 Å². The van der Waals surface area contributed by atoms with E-state index in [0.717, 1.165) is 48.8 Å². The second kappa shape index (κ2) is 7.27. The first kappa shape index (κ1) is 15.6. The first-order chi connectivity index (χ1) is 10.2. The first-order valence-corrected chi connectivity index (χ1v) is 7.66. The minimum absolute atomic E-state index is 0.789. The molecule has 0 aliphatic heterocycles. The lowest BCUT2D eigenvalue weighted by atomic mass is 10.1. The molecule has 0 amide bonds. The molecule has 0 spiro atoms. The van der Waals surface area contributed by atoms with Crippen LogP contribution >= 0.6 is 0 Å². The second-order valence-corrected chi connectivity index (χ2v) is 5.23. The zero-order valence-electron chi connectivity index (χ0n) is 13.4. The lowest BCUT2D eigenvalue weighted by molar-refractivity contribution is 0.420. The van der Waals surface area contributed by atoms with Crippen LogP contribution in [0, 0.1) is 6.92 Å². The summed E-state index contributed by atoms with van der Waals surface area (Å²) < 4.78 is 8.00. The highest BCUT2D eigenvalue weighted by atomic mass is 16.5. The Hall–Kier alpha value is -1.81. The van der Waals surface area contributed by atoms with Crippen LogP contribution in [0.1, 0.15) is 37.1 Å². The van der Waals surface area contributed by atoms with E-state index in [4.69, 9.17) is 4.74 Å². The van der Waals surface area contributed by atoms with Gasteiger partial charge in [-0.3, -0.25) is 0 Å². The van der Waals surface area contributed by atoms with Crippen LogP contribution in [0.2, 0.25) is 0 Å². The van der Waals surface area contributed by atoms with Crippen LogP contribution in [0.25, 0.3) is 0 Å². The van der Waals surface area contributed by atoms with Gasteiger partial charge in [0.05, 0.1) is 11.3 Å². The molecule has 4 heteroatoms. The van der Waals surface area contributed by atoms with Crippen molar-refractivity contribution in [1.29, 1.82) is 0 Å². The molecule has 0 unspecified atom stereocenters. The molecule has 0 atom stereocenters. The SMILES string of the molecule is CCCNCc1c(C)nn(C)c1Oc1ccccc1CC. The molecule has 0 fully saturated rings. The van der Waals surface area contributed by atoms with Crippen molar-refractivity contribution in [2.24, 2.45) is 7.05 Å². The summed E-state index contributed by atoms with van der Waals surface area (Å²) in [6.45, 7) is 8.12. The lowest BCUT2D eigenvalue weighted by Crippen LogP contribution is -2.14. The van der Waals surface area contributed by atoms with Crippen molar-refractivity contribution in [3.05, 3.63) is 41.1 Å². The van der Waals surface area contributed by atoms with Gasteiger partial charge in [0.15, 0.2) is 0 Å². The third-order valence-corrected chi connectivity index (χ3v) is 3.58. The van der Waals surface area contributed by atoms with Crippen LogP contribution in [0.3, 0.4) is 0 Å². The van der Waals surface area contributed by atoms with Gasteiger partial charge < -0.3 is 10.1 Å². The fourth-order valence-electron chi connectivity index (χ4n) is 2.40. The normalized spacial score (nSPS) is 10.9. The number of para-hydroxylation sites is 1. The fourth-order valence-corrected chi connectivity index (χ4v) is 2.40. The smallest absolute Gasteiger partial charge is 0.222 e. The van der Waals surface area contributed by atoms with Crippen molar-refractivity contribution < 1.29 is 4.74 Å².